The van der Waals surface area contributed by atoms with Gasteiger partial charge >= 0.3 is 0 Å². The van der Waals surface area contributed by atoms with Gasteiger partial charge in [0.1, 0.15) is 0 Å². The lowest BCUT2D eigenvalue weighted by atomic mass is 9.88. The standard InChI is InChI=1S/C14H19ClN2/c1-9(2)12(7-16)13-8-17(3)14-5-4-10(15)6-11(13)14/h4-6,8-9,12H,7,16H2,1-3H3. The van der Waals surface area contributed by atoms with Crippen molar-refractivity contribution in [2.75, 3.05) is 6.54 Å². The van der Waals surface area contributed by atoms with Gasteiger partial charge in [-0.05, 0) is 36.2 Å². The van der Waals surface area contributed by atoms with E-state index in [1.807, 2.05) is 12.1 Å². The van der Waals surface area contributed by atoms with Gasteiger partial charge in [0.2, 0.25) is 0 Å². The van der Waals surface area contributed by atoms with E-state index in [0.717, 1.165) is 5.02 Å². The van der Waals surface area contributed by atoms with Crippen molar-refractivity contribution in [3.63, 3.8) is 0 Å². The Morgan fingerprint density at radius 2 is 2.06 bits per heavy atom. The number of nitrogens with zero attached hydrogens (tertiary/aromatic N) is 1. The molecule has 1 atom stereocenters. The van der Waals surface area contributed by atoms with Gasteiger partial charge in [-0.2, -0.15) is 0 Å². The average Bonchev–Trinajstić information content (AvgIpc) is 2.56. The lowest BCUT2D eigenvalue weighted by Gasteiger charge is -2.18. The number of rotatable bonds is 3. The van der Waals surface area contributed by atoms with Crippen LogP contribution in [0, 0.1) is 5.92 Å². The Labute approximate surface area is 107 Å². The van der Waals surface area contributed by atoms with Crippen LogP contribution < -0.4 is 5.73 Å². The molecule has 0 aliphatic rings. The molecule has 1 unspecified atom stereocenters. The van der Waals surface area contributed by atoms with Crippen molar-refractivity contribution < 1.29 is 0 Å². The Kier molecular flexibility index (Phi) is 3.45. The number of hydrogen-bond acceptors (Lipinski definition) is 1. The lowest BCUT2D eigenvalue weighted by molar-refractivity contribution is 0.508. The minimum Gasteiger partial charge on any atom is -0.350 e. The second-order valence-corrected chi connectivity index (χ2v) is 5.38. The molecule has 0 amide bonds. The van der Waals surface area contributed by atoms with E-state index >= 15 is 0 Å². The lowest BCUT2D eigenvalue weighted by Crippen LogP contribution is -2.17. The molecular weight excluding hydrogens is 232 g/mol. The molecule has 92 valence electrons. The molecule has 0 aliphatic carbocycles. The van der Waals surface area contributed by atoms with E-state index in [0.29, 0.717) is 18.4 Å². The molecular formula is C14H19ClN2. The van der Waals surface area contributed by atoms with Crippen LogP contribution in [0.4, 0.5) is 0 Å². The molecule has 0 saturated heterocycles. The first-order valence-electron chi connectivity index (χ1n) is 5.99. The zero-order chi connectivity index (χ0) is 12.6. The summed E-state index contributed by atoms with van der Waals surface area (Å²) in [5.74, 6) is 0.918. The third-order valence-corrected chi connectivity index (χ3v) is 3.68. The molecule has 17 heavy (non-hydrogen) atoms. The molecule has 2 N–H and O–H groups in total. The summed E-state index contributed by atoms with van der Waals surface area (Å²) in [5, 5.41) is 2.01. The van der Waals surface area contributed by atoms with Gasteiger partial charge in [0.25, 0.3) is 0 Å². The molecule has 2 aromatic rings. The summed E-state index contributed by atoms with van der Waals surface area (Å²) in [5.41, 5.74) is 8.42. The normalized spacial score (nSPS) is 13.5. The molecule has 0 fully saturated rings. The average molecular weight is 251 g/mol. The van der Waals surface area contributed by atoms with Gasteiger partial charge in [-0.15, -0.1) is 0 Å². The van der Waals surface area contributed by atoms with E-state index in [1.54, 1.807) is 0 Å². The molecule has 0 aliphatic heterocycles. The summed E-state index contributed by atoms with van der Waals surface area (Å²) in [7, 11) is 2.06. The number of hydrogen-bond donors (Lipinski definition) is 1. The van der Waals surface area contributed by atoms with Crippen LogP contribution in [0.15, 0.2) is 24.4 Å². The summed E-state index contributed by atoms with van der Waals surface area (Å²) < 4.78 is 2.14. The highest BCUT2D eigenvalue weighted by atomic mass is 35.5. The molecule has 1 heterocycles. The van der Waals surface area contributed by atoms with Crippen molar-refractivity contribution in [3.05, 3.63) is 35.0 Å². The van der Waals surface area contributed by atoms with Crippen molar-refractivity contribution in [2.45, 2.75) is 19.8 Å². The number of fused-ring (bicyclic) bond motifs is 1. The van der Waals surface area contributed by atoms with Crippen molar-refractivity contribution in [2.24, 2.45) is 18.7 Å². The number of halogens is 1. The van der Waals surface area contributed by atoms with Crippen LogP contribution in [0.2, 0.25) is 5.02 Å². The quantitative estimate of drug-likeness (QED) is 0.888. The van der Waals surface area contributed by atoms with Crippen LogP contribution in [-0.4, -0.2) is 11.1 Å². The summed E-state index contributed by atoms with van der Waals surface area (Å²) in [6.07, 6.45) is 2.18. The molecule has 0 saturated carbocycles. The highest BCUT2D eigenvalue weighted by molar-refractivity contribution is 6.31. The first kappa shape index (κ1) is 12.5. The van der Waals surface area contributed by atoms with E-state index in [9.17, 15) is 0 Å². The summed E-state index contributed by atoms with van der Waals surface area (Å²) in [6.45, 7) is 5.09. The highest BCUT2D eigenvalue weighted by Crippen LogP contribution is 2.32. The predicted molar refractivity (Wildman–Crippen MR) is 74.6 cm³/mol. The monoisotopic (exact) mass is 250 g/mol. The minimum atomic E-state index is 0.386. The smallest absolute Gasteiger partial charge is 0.0481 e. The van der Waals surface area contributed by atoms with Crippen molar-refractivity contribution in [1.82, 2.24) is 4.57 Å². The van der Waals surface area contributed by atoms with Crippen molar-refractivity contribution in [1.29, 1.82) is 0 Å². The Morgan fingerprint density at radius 3 is 2.65 bits per heavy atom. The fraction of sp³-hybridized carbons (Fsp3) is 0.429. The Hall–Kier alpha value is -0.990. The van der Waals surface area contributed by atoms with Crippen LogP contribution >= 0.6 is 11.6 Å². The molecule has 3 heteroatoms. The van der Waals surface area contributed by atoms with Crippen LogP contribution in [0.3, 0.4) is 0 Å². The fourth-order valence-corrected chi connectivity index (χ4v) is 2.62. The molecule has 1 aromatic heterocycles. The Morgan fingerprint density at radius 1 is 1.35 bits per heavy atom. The molecule has 2 nitrogen and oxygen atoms in total. The number of benzene rings is 1. The van der Waals surface area contributed by atoms with Gasteiger partial charge in [0.05, 0.1) is 0 Å². The SMILES string of the molecule is CC(C)C(CN)c1cn(C)c2ccc(Cl)cc12. The van der Waals surface area contributed by atoms with E-state index in [2.05, 4.69) is 37.7 Å². The van der Waals surface area contributed by atoms with Gasteiger partial charge in [0, 0.05) is 35.1 Å². The zero-order valence-electron chi connectivity index (χ0n) is 10.6. The molecule has 1 aromatic carbocycles. The van der Waals surface area contributed by atoms with Crippen LogP contribution in [0.25, 0.3) is 10.9 Å². The molecule has 2 rings (SSSR count). The zero-order valence-corrected chi connectivity index (χ0v) is 11.3. The van der Waals surface area contributed by atoms with E-state index in [4.69, 9.17) is 17.3 Å². The predicted octanol–water partition coefficient (Wildman–Crippen LogP) is 3.53. The first-order chi connectivity index (χ1) is 8.04. The molecule has 0 spiro atoms. The van der Waals surface area contributed by atoms with Gasteiger partial charge in [-0.25, -0.2) is 0 Å². The van der Waals surface area contributed by atoms with Crippen LogP contribution in [-0.2, 0) is 7.05 Å². The molecule has 0 bridgehead atoms. The number of nitrogens with two attached hydrogens (primary N) is 1. The van der Waals surface area contributed by atoms with Gasteiger partial charge in [-0.1, -0.05) is 25.4 Å². The maximum absolute atomic E-state index is 6.09. The number of aryl methyl sites for hydroxylation is 1. The summed E-state index contributed by atoms with van der Waals surface area (Å²) >= 11 is 6.09. The fourth-order valence-electron chi connectivity index (χ4n) is 2.45. The van der Waals surface area contributed by atoms with Crippen LogP contribution in [0.5, 0.6) is 0 Å². The van der Waals surface area contributed by atoms with E-state index < -0.39 is 0 Å². The second kappa shape index (κ2) is 4.71. The first-order valence-corrected chi connectivity index (χ1v) is 6.37. The van der Waals surface area contributed by atoms with Gasteiger partial charge in [0.15, 0.2) is 0 Å². The van der Waals surface area contributed by atoms with Gasteiger partial charge in [-0.3, -0.25) is 0 Å². The van der Waals surface area contributed by atoms with Crippen molar-refractivity contribution in [3.8, 4) is 0 Å². The van der Waals surface area contributed by atoms with Crippen LogP contribution in [0.1, 0.15) is 25.3 Å². The Bertz CT molecular complexity index is 528. The largest absolute Gasteiger partial charge is 0.350 e. The third-order valence-electron chi connectivity index (χ3n) is 3.44. The second-order valence-electron chi connectivity index (χ2n) is 4.94. The van der Waals surface area contributed by atoms with Gasteiger partial charge < -0.3 is 10.3 Å². The maximum atomic E-state index is 6.09. The minimum absolute atomic E-state index is 0.386. The number of aromatic nitrogens is 1. The van der Waals surface area contributed by atoms with E-state index in [-0.39, 0.29) is 0 Å². The summed E-state index contributed by atoms with van der Waals surface area (Å²) in [6, 6.07) is 6.03. The highest BCUT2D eigenvalue weighted by Gasteiger charge is 2.19. The Balaban J connectivity index is 2.64. The summed E-state index contributed by atoms with van der Waals surface area (Å²) in [4.78, 5) is 0. The third kappa shape index (κ3) is 2.20. The maximum Gasteiger partial charge on any atom is 0.0481 e. The van der Waals surface area contributed by atoms with E-state index in [1.165, 1.54) is 16.5 Å². The van der Waals surface area contributed by atoms with Crippen molar-refractivity contribution >= 4 is 22.5 Å². The topological polar surface area (TPSA) is 30.9 Å². The molecule has 0 radical (unpaired) electrons.